The second kappa shape index (κ2) is 11.0. The summed E-state index contributed by atoms with van der Waals surface area (Å²) < 4.78 is 5.53. The van der Waals surface area contributed by atoms with E-state index in [0.29, 0.717) is 17.0 Å². The number of amides is 2. The maximum atomic E-state index is 12.4. The Hall–Kier alpha value is -4.28. The van der Waals surface area contributed by atoms with Crippen LogP contribution >= 0.6 is 11.6 Å². The lowest BCUT2D eigenvalue weighted by molar-refractivity contribution is -0.118. The summed E-state index contributed by atoms with van der Waals surface area (Å²) in [6.07, 6.45) is 1.39. The van der Waals surface area contributed by atoms with Crippen LogP contribution in [0.3, 0.4) is 0 Å². The molecular formula is C26H22ClN3O4. The normalized spacial score (nSPS) is 10.8. The monoisotopic (exact) mass is 475 g/mol. The van der Waals surface area contributed by atoms with Gasteiger partial charge in [-0.05, 0) is 79.1 Å². The number of ether oxygens (including phenoxy) is 1. The van der Waals surface area contributed by atoms with E-state index in [1.807, 2.05) is 38.1 Å². The highest BCUT2D eigenvalue weighted by Gasteiger charge is 2.12. The molecule has 0 aliphatic carbocycles. The minimum absolute atomic E-state index is 0.0637. The van der Waals surface area contributed by atoms with Crippen molar-refractivity contribution < 1.29 is 19.4 Å². The van der Waals surface area contributed by atoms with E-state index in [2.05, 4.69) is 10.6 Å². The number of aromatic hydroxyl groups is 1. The highest BCUT2D eigenvalue weighted by molar-refractivity contribution is 6.32. The van der Waals surface area contributed by atoms with Gasteiger partial charge in [-0.1, -0.05) is 29.8 Å². The van der Waals surface area contributed by atoms with Gasteiger partial charge in [-0.3, -0.25) is 9.59 Å². The van der Waals surface area contributed by atoms with Crippen molar-refractivity contribution in [1.29, 1.82) is 5.26 Å². The van der Waals surface area contributed by atoms with Gasteiger partial charge in [-0.2, -0.15) is 5.26 Å². The van der Waals surface area contributed by atoms with E-state index >= 15 is 0 Å². The Balaban J connectivity index is 1.64. The van der Waals surface area contributed by atoms with Crippen LogP contribution in [0.5, 0.6) is 11.5 Å². The Morgan fingerprint density at radius 2 is 1.79 bits per heavy atom. The van der Waals surface area contributed by atoms with E-state index < -0.39 is 5.91 Å². The lowest BCUT2D eigenvalue weighted by Crippen LogP contribution is -2.20. The molecule has 0 saturated carbocycles. The predicted octanol–water partition coefficient (Wildman–Crippen LogP) is 5.23. The number of carbonyl (C=O) groups is 2. The Bertz CT molecular complexity index is 1290. The van der Waals surface area contributed by atoms with Crippen LogP contribution in [0.2, 0.25) is 5.02 Å². The van der Waals surface area contributed by atoms with Crippen LogP contribution < -0.4 is 15.4 Å². The van der Waals surface area contributed by atoms with Crippen LogP contribution in [0.25, 0.3) is 6.08 Å². The average molecular weight is 476 g/mol. The molecule has 0 unspecified atom stereocenters. The van der Waals surface area contributed by atoms with E-state index in [1.54, 1.807) is 12.1 Å². The highest BCUT2D eigenvalue weighted by atomic mass is 35.5. The molecule has 0 heterocycles. The van der Waals surface area contributed by atoms with Gasteiger partial charge in [-0.25, -0.2) is 0 Å². The van der Waals surface area contributed by atoms with E-state index in [4.69, 9.17) is 16.3 Å². The van der Waals surface area contributed by atoms with Crippen LogP contribution in [0.15, 0.2) is 66.2 Å². The minimum Gasteiger partial charge on any atom is -0.508 e. The quantitative estimate of drug-likeness (QED) is 0.246. The third-order valence-electron chi connectivity index (χ3n) is 4.78. The number of hydrogen-bond donors (Lipinski definition) is 3. The number of rotatable bonds is 7. The molecule has 0 atom stereocenters. The van der Waals surface area contributed by atoms with E-state index in [1.165, 1.54) is 36.4 Å². The number of phenolic OH excluding ortho intramolecular Hbond substituents is 1. The molecule has 0 spiro atoms. The standard InChI is InChI=1S/C26H22ClN3O4/c1-16-3-4-17(2)23(11-16)30-25(32)15-34-24-10-5-18(13-22(24)27)12-19(14-28)26(33)29-20-6-8-21(31)9-7-20/h3-13,31H,15H2,1-2H3,(H,29,33)(H,30,32)/b19-12+. The molecule has 0 aliphatic rings. The summed E-state index contributed by atoms with van der Waals surface area (Å²) in [4.78, 5) is 24.7. The fraction of sp³-hybridized carbons (Fsp3) is 0.115. The summed E-state index contributed by atoms with van der Waals surface area (Å²) in [5.74, 6) is -0.574. The second-order valence-electron chi connectivity index (χ2n) is 7.52. The molecule has 3 aromatic rings. The Morgan fingerprint density at radius 1 is 1.06 bits per heavy atom. The van der Waals surface area contributed by atoms with Crippen molar-refractivity contribution in [2.45, 2.75) is 13.8 Å². The van der Waals surface area contributed by atoms with Gasteiger partial charge in [-0.15, -0.1) is 0 Å². The summed E-state index contributed by atoms with van der Waals surface area (Å²) in [6, 6.07) is 18.2. The van der Waals surface area contributed by atoms with Gasteiger partial charge in [0.05, 0.1) is 5.02 Å². The Kier molecular flexibility index (Phi) is 7.91. The smallest absolute Gasteiger partial charge is 0.266 e. The maximum Gasteiger partial charge on any atom is 0.266 e. The minimum atomic E-state index is -0.604. The van der Waals surface area contributed by atoms with Crippen molar-refractivity contribution in [3.8, 4) is 17.6 Å². The Labute approximate surface area is 202 Å². The number of aryl methyl sites for hydroxylation is 2. The molecule has 0 aromatic heterocycles. The molecule has 0 radical (unpaired) electrons. The van der Waals surface area contributed by atoms with E-state index in [-0.39, 0.29) is 28.9 Å². The number of halogens is 1. The lowest BCUT2D eigenvalue weighted by atomic mass is 10.1. The number of nitriles is 1. The third kappa shape index (κ3) is 6.61. The zero-order chi connectivity index (χ0) is 24.7. The lowest BCUT2D eigenvalue weighted by Gasteiger charge is -2.11. The van der Waals surface area contributed by atoms with Crippen LogP contribution in [0, 0.1) is 25.2 Å². The van der Waals surface area contributed by atoms with E-state index in [9.17, 15) is 20.0 Å². The van der Waals surface area contributed by atoms with E-state index in [0.717, 1.165) is 16.8 Å². The summed E-state index contributed by atoms with van der Waals surface area (Å²) in [5, 5.41) is 24.3. The summed E-state index contributed by atoms with van der Waals surface area (Å²) in [5.41, 5.74) is 3.50. The number of carbonyl (C=O) groups excluding carboxylic acids is 2. The molecule has 3 aromatic carbocycles. The van der Waals surface area contributed by atoms with Crippen molar-refractivity contribution in [2.75, 3.05) is 17.2 Å². The first-order chi connectivity index (χ1) is 16.2. The molecule has 2 amide bonds. The highest BCUT2D eigenvalue weighted by Crippen LogP contribution is 2.27. The van der Waals surface area contributed by atoms with Crippen LogP contribution in [0.4, 0.5) is 11.4 Å². The average Bonchev–Trinajstić information content (AvgIpc) is 2.80. The van der Waals surface area contributed by atoms with Gasteiger partial charge in [0.2, 0.25) is 0 Å². The first-order valence-electron chi connectivity index (χ1n) is 10.3. The van der Waals surface area contributed by atoms with Gasteiger partial charge in [0.25, 0.3) is 11.8 Å². The SMILES string of the molecule is Cc1ccc(C)c(NC(=O)COc2ccc(/C=C(\C#N)C(=O)Nc3ccc(O)cc3)cc2Cl)c1. The fourth-order valence-electron chi connectivity index (χ4n) is 2.98. The van der Waals surface area contributed by atoms with Crippen LogP contribution in [-0.2, 0) is 9.59 Å². The van der Waals surface area contributed by atoms with Crippen molar-refractivity contribution >= 4 is 40.9 Å². The summed E-state index contributed by atoms with van der Waals surface area (Å²) in [6.45, 7) is 3.61. The number of nitrogens with one attached hydrogen (secondary N) is 2. The number of nitrogens with zero attached hydrogens (tertiary/aromatic N) is 1. The maximum absolute atomic E-state index is 12.4. The Morgan fingerprint density at radius 3 is 2.47 bits per heavy atom. The molecule has 7 nitrogen and oxygen atoms in total. The fourth-order valence-corrected chi connectivity index (χ4v) is 3.23. The molecule has 0 saturated heterocycles. The van der Waals surface area contributed by atoms with Gasteiger partial charge < -0.3 is 20.5 Å². The van der Waals surface area contributed by atoms with Crippen molar-refractivity contribution in [3.63, 3.8) is 0 Å². The van der Waals surface area contributed by atoms with Crippen molar-refractivity contribution in [3.05, 3.63) is 87.9 Å². The first kappa shape index (κ1) is 24.4. The third-order valence-corrected chi connectivity index (χ3v) is 5.08. The predicted molar refractivity (Wildman–Crippen MR) is 132 cm³/mol. The number of phenols is 1. The van der Waals surface area contributed by atoms with Gasteiger partial charge in [0.1, 0.15) is 23.1 Å². The molecule has 8 heteroatoms. The van der Waals surface area contributed by atoms with Crippen molar-refractivity contribution in [1.82, 2.24) is 0 Å². The zero-order valence-corrected chi connectivity index (χ0v) is 19.3. The molecular weight excluding hydrogens is 454 g/mol. The first-order valence-corrected chi connectivity index (χ1v) is 10.6. The molecule has 172 valence electrons. The molecule has 3 N–H and O–H groups in total. The van der Waals surface area contributed by atoms with Gasteiger partial charge >= 0.3 is 0 Å². The zero-order valence-electron chi connectivity index (χ0n) is 18.6. The van der Waals surface area contributed by atoms with Crippen molar-refractivity contribution in [2.24, 2.45) is 0 Å². The molecule has 34 heavy (non-hydrogen) atoms. The summed E-state index contributed by atoms with van der Waals surface area (Å²) in [7, 11) is 0. The second-order valence-corrected chi connectivity index (χ2v) is 7.92. The van der Waals surface area contributed by atoms with Crippen LogP contribution in [0.1, 0.15) is 16.7 Å². The molecule has 0 fully saturated rings. The van der Waals surface area contributed by atoms with Gasteiger partial charge in [0.15, 0.2) is 6.61 Å². The van der Waals surface area contributed by atoms with Crippen LogP contribution in [-0.4, -0.2) is 23.5 Å². The summed E-state index contributed by atoms with van der Waals surface area (Å²) >= 11 is 6.28. The molecule has 0 bridgehead atoms. The molecule has 3 rings (SSSR count). The van der Waals surface area contributed by atoms with Gasteiger partial charge in [0, 0.05) is 11.4 Å². The molecule has 0 aliphatic heterocycles. The number of anilines is 2. The topological polar surface area (TPSA) is 111 Å². The largest absolute Gasteiger partial charge is 0.508 e. The number of benzene rings is 3. The number of hydrogen-bond acceptors (Lipinski definition) is 5.